The van der Waals surface area contributed by atoms with Crippen LogP contribution in [0.3, 0.4) is 0 Å². The van der Waals surface area contributed by atoms with Crippen molar-refractivity contribution in [3.63, 3.8) is 0 Å². The summed E-state index contributed by atoms with van der Waals surface area (Å²) in [5, 5.41) is 0. The summed E-state index contributed by atoms with van der Waals surface area (Å²) in [5.41, 5.74) is 6.97. The van der Waals surface area contributed by atoms with Gasteiger partial charge in [-0.25, -0.2) is 0 Å². The molecule has 12 heavy (non-hydrogen) atoms. The van der Waals surface area contributed by atoms with Gasteiger partial charge in [-0.1, -0.05) is 13.8 Å². The van der Waals surface area contributed by atoms with Gasteiger partial charge in [0.15, 0.2) is 0 Å². The van der Waals surface area contributed by atoms with Crippen LogP contribution >= 0.6 is 23.1 Å². The molecule has 3 heteroatoms. The lowest BCUT2D eigenvalue weighted by Gasteiger charge is -1.95. The maximum atomic E-state index is 5.64. The monoisotopic (exact) mass is 201 g/mol. The molecule has 0 bridgehead atoms. The summed E-state index contributed by atoms with van der Waals surface area (Å²) in [6, 6.07) is 2.24. The number of thiophene rings is 1. The fraction of sp³-hybridized carbons (Fsp3) is 0.556. The van der Waals surface area contributed by atoms with Crippen LogP contribution in [0.25, 0.3) is 0 Å². The Labute approximate surface area is 82.4 Å². The molecule has 1 aromatic rings. The molecule has 0 fully saturated rings. The van der Waals surface area contributed by atoms with E-state index in [0.29, 0.717) is 6.54 Å². The normalized spacial score (nSPS) is 10.6. The van der Waals surface area contributed by atoms with E-state index in [2.05, 4.69) is 19.9 Å². The number of nitrogens with two attached hydrogens (primary N) is 1. The Balaban J connectivity index is 2.84. The Morgan fingerprint density at radius 1 is 1.50 bits per heavy atom. The van der Waals surface area contributed by atoms with E-state index in [-0.39, 0.29) is 0 Å². The Morgan fingerprint density at radius 2 is 2.25 bits per heavy atom. The molecule has 2 N–H and O–H groups in total. The first-order valence-electron chi connectivity index (χ1n) is 4.26. The van der Waals surface area contributed by atoms with Gasteiger partial charge >= 0.3 is 0 Å². The van der Waals surface area contributed by atoms with Crippen LogP contribution in [-0.4, -0.2) is 5.75 Å². The highest BCUT2D eigenvalue weighted by atomic mass is 32.2. The number of rotatable bonds is 4. The van der Waals surface area contributed by atoms with Crippen LogP contribution in [0.2, 0.25) is 0 Å². The molecule has 0 atom stereocenters. The van der Waals surface area contributed by atoms with Crippen LogP contribution in [0.1, 0.15) is 24.3 Å². The van der Waals surface area contributed by atoms with E-state index < -0.39 is 0 Å². The average Bonchev–Trinajstić information content (AvgIpc) is 2.48. The van der Waals surface area contributed by atoms with Gasteiger partial charge < -0.3 is 5.73 Å². The Kier molecular flexibility index (Phi) is 4.12. The van der Waals surface area contributed by atoms with Crippen LogP contribution in [0.15, 0.2) is 10.3 Å². The standard InChI is InChI=1S/C9H15NS2/c1-3-8-5-7(6-10)9(12-8)11-4-2/h5H,3-4,6,10H2,1-2H3. The molecule has 0 amide bonds. The molecule has 0 radical (unpaired) electrons. The fourth-order valence-corrected chi connectivity index (χ4v) is 3.39. The third kappa shape index (κ3) is 2.25. The van der Waals surface area contributed by atoms with Crippen LogP contribution in [0.5, 0.6) is 0 Å². The molecule has 1 aromatic heterocycles. The van der Waals surface area contributed by atoms with Crippen LogP contribution < -0.4 is 5.73 Å². The van der Waals surface area contributed by atoms with Gasteiger partial charge in [0.1, 0.15) is 0 Å². The van der Waals surface area contributed by atoms with Crippen molar-refractivity contribution in [2.45, 2.75) is 31.0 Å². The lowest BCUT2D eigenvalue weighted by Crippen LogP contribution is -1.94. The zero-order chi connectivity index (χ0) is 8.97. The topological polar surface area (TPSA) is 26.0 Å². The molecule has 0 aromatic carbocycles. The van der Waals surface area contributed by atoms with Gasteiger partial charge in [0, 0.05) is 11.4 Å². The highest BCUT2D eigenvalue weighted by Crippen LogP contribution is 2.31. The lowest BCUT2D eigenvalue weighted by molar-refractivity contribution is 1.05. The molecule has 1 rings (SSSR count). The molecular formula is C9H15NS2. The van der Waals surface area contributed by atoms with Crippen molar-refractivity contribution in [3.8, 4) is 0 Å². The van der Waals surface area contributed by atoms with Crippen molar-refractivity contribution in [2.24, 2.45) is 5.73 Å². The zero-order valence-corrected chi connectivity index (χ0v) is 9.23. The molecule has 0 unspecified atom stereocenters. The van der Waals surface area contributed by atoms with E-state index in [9.17, 15) is 0 Å². The van der Waals surface area contributed by atoms with Gasteiger partial charge in [0.2, 0.25) is 0 Å². The van der Waals surface area contributed by atoms with Crippen molar-refractivity contribution < 1.29 is 0 Å². The van der Waals surface area contributed by atoms with Gasteiger partial charge in [-0.3, -0.25) is 0 Å². The maximum absolute atomic E-state index is 5.64. The SMILES string of the molecule is CCSc1sc(CC)cc1CN. The number of hydrogen-bond acceptors (Lipinski definition) is 3. The maximum Gasteiger partial charge on any atom is 0.0646 e. The first kappa shape index (κ1) is 10.1. The highest BCUT2D eigenvalue weighted by Gasteiger charge is 2.05. The third-order valence-corrected chi connectivity index (χ3v) is 4.20. The van der Waals surface area contributed by atoms with Gasteiger partial charge in [-0.15, -0.1) is 23.1 Å². The lowest BCUT2D eigenvalue weighted by atomic mass is 10.3. The fourth-order valence-electron chi connectivity index (χ4n) is 1.04. The second-order valence-electron chi connectivity index (χ2n) is 2.52. The minimum atomic E-state index is 0.679. The summed E-state index contributed by atoms with van der Waals surface area (Å²) < 4.78 is 1.41. The summed E-state index contributed by atoms with van der Waals surface area (Å²) in [6.07, 6.45) is 1.13. The second kappa shape index (κ2) is 4.90. The summed E-state index contributed by atoms with van der Waals surface area (Å²) >= 11 is 3.79. The molecular weight excluding hydrogens is 186 g/mol. The van der Waals surface area contributed by atoms with E-state index in [4.69, 9.17) is 5.73 Å². The van der Waals surface area contributed by atoms with Gasteiger partial charge in [-0.05, 0) is 23.8 Å². The van der Waals surface area contributed by atoms with E-state index in [1.54, 1.807) is 0 Å². The quantitative estimate of drug-likeness (QED) is 0.758. The molecule has 1 heterocycles. The van der Waals surface area contributed by atoms with Crippen LogP contribution in [0.4, 0.5) is 0 Å². The van der Waals surface area contributed by atoms with Crippen molar-refractivity contribution in [1.29, 1.82) is 0 Å². The minimum Gasteiger partial charge on any atom is -0.326 e. The molecule has 0 aliphatic heterocycles. The smallest absolute Gasteiger partial charge is 0.0646 e. The number of aryl methyl sites for hydroxylation is 1. The van der Waals surface area contributed by atoms with Gasteiger partial charge in [-0.2, -0.15) is 0 Å². The largest absolute Gasteiger partial charge is 0.326 e. The summed E-state index contributed by atoms with van der Waals surface area (Å²) in [4.78, 5) is 1.45. The van der Waals surface area contributed by atoms with Crippen LogP contribution in [-0.2, 0) is 13.0 Å². The summed E-state index contributed by atoms with van der Waals surface area (Å²) in [7, 11) is 0. The minimum absolute atomic E-state index is 0.679. The van der Waals surface area contributed by atoms with Crippen molar-refractivity contribution in [2.75, 3.05) is 5.75 Å². The first-order chi connectivity index (χ1) is 5.81. The number of thioether (sulfide) groups is 1. The Bertz CT molecular complexity index is 243. The molecule has 0 aliphatic carbocycles. The predicted molar refractivity (Wildman–Crippen MR) is 58.0 cm³/mol. The van der Waals surface area contributed by atoms with E-state index >= 15 is 0 Å². The Hall–Kier alpha value is 0.01000. The number of hydrogen-bond donors (Lipinski definition) is 1. The third-order valence-electron chi connectivity index (χ3n) is 1.67. The highest BCUT2D eigenvalue weighted by molar-refractivity contribution is 8.01. The van der Waals surface area contributed by atoms with E-state index in [1.807, 2.05) is 23.1 Å². The molecule has 0 aliphatic rings. The molecule has 68 valence electrons. The predicted octanol–water partition coefficient (Wildman–Crippen LogP) is 2.88. The molecule has 1 nitrogen and oxygen atoms in total. The van der Waals surface area contributed by atoms with Gasteiger partial charge in [0.25, 0.3) is 0 Å². The Morgan fingerprint density at radius 3 is 2.75 bits per heavy atom. The van der Waals surface area contributed by atoms with Gasteiger partial charge in [0.05, 0.1) is 4.21 Å². The first-order valence-corrected chi connectivity index (χ1v) is 6.06. The van der Waals surface area contributed by atoms with Crippen molar-refractivity contribution >= 4 is 23.1 Å². The van der Waals surface area contributed by atoms with Crippen molar-refractivity contribution in [3.05, 3.63) is 16.5 Å². The average molecular weight is 201 g/mol. The van der Waals surface area contributed by atoms with Crippen molar-refractivity contribution in [1.82, 2.24) is 0 Å². The summed E-state index contributed by atoms with van der Waals surface area (Å²) in [6.45, 7) is 5.04. The molecule has 0 spiro atoms. The van der Waals surface area contributed by atoms with Crippen LogP contribution in [0, 0.1) is 0 Å². The second-order valence-corrected chi connectivity index (χ2v) is 5.19. The molecule has 0 saturated carbocycles. The molecule has 0 saturated heterocycles. The van der Waals surface area contributed by atoms with E-state index in [1.165, 1.54) is 14.6 Å². The van der Waals surface area contributed by atoms with E-state index in [0.717, 1.165) is 12.2 Å². The summed E-state index contributed by atoms with van der Waals surface area (Å²) in [5.74, 6) is 1.14. The zero-order valence-electron chi connectivity index (χ0n) is 7.59.